The van der Waals surface area contributed by atoms with Crippen LogP contribution in [-0.2, 0) is 38.1 Å². The number of carbonyl (C=O) groups is 3. The lowest BCUT2D eigenvalue weighted by molar-refractivity contribution is -0.232. The Bertz CT molecular complexity index is 1010. The van der Waals surface area contributed by atoms with Gasteiger partial charge in [0.15, 0.2) is 5.78 Å². The number of hydrogen-bond acceptors (Lipinski definition) is 8. The van der Waals surface area contributed by atoms with Crippen LogP contribution in [0.1, 0.15) is 79.1 Å². The number of cyclic esters (lactones) is 1. The van der Waals surface area contributed by atoms with E-state index in [0.29, 0.717) is 45.3 Å². The number of allylic oxidation sites excluding steroid dienone is 1. The number of Topliss-reactive ketones (excluding diaryl/α,β-unsaturated/α-hetero) is 1. The average molecular weight is 517 g/mol. The van der Waals surface area contributed by atoms with Gasteiger partial charge in [-0.05, 0) is 59.3 Å². The summed E-state index contributed by atoms with van der Waals surface area (Å²) in [5.74, 6) is -0.694. The second-order valence-corrected chi connectivity index (χ2v) is 11.9. The summed E-state index contributed by atoms with van der Waals surface area (Å²) in [7, 11) is 0. The molecule has 5 rings (SSSR count). The highest BCUT2D eigenvalue weighted by atomic mass is 16.6. The van der Waals surface area contributed by atoms with Crippen molar-refractivity contribution in [1.82, 2.24) is 0 Å². The largest absolute Gasteiger partial charge is 0.462 e. The molecule has 8 nitrogen and oxygen atoms in total. The fourth-order valence-corrected chi connectivity index (χ4v) is 7.23. The number of rotatable bonds is 1. The monoisotopic (exact) mass is 516 g/mol. The zero-order valence-electron chi connectivity index (χ0n) is 22.5. The van der Waals surface area contributed by atoms with E-state index in [0.717, 1.165) is 18.4 Å². The summed E-state index contributed by atoms with van der Waals surface area (Å²) in [4.78, 5) is 38.0. The van der Waals surface area contributed by atoms with Crippen LogP contribution in [0.2, 0.25) is 0 Å². The Balaban J connectivity index is 1.46. The maximum atomic E-state index is 13.0. The number of carbonyl (C=O) groups excluding carboxylic acids is 3. The van der Waals surface area contributed by atoms with Crippen LogP contribution in [0.4, 0.5) is 0 Å². The van der Waals surface area contributed by atoms with Crippen LogP contribution in [0.3, 0.4) is 0 Å². The molecule has 2 saturated heterocycles. The molecule has 204 valence electrons. The molecule has 8 heteroatoms. The number of esters is 2. The van der Waals surface area contributed by atoms with Gasteiger partial charge in [0, 0.05) is 24.3 Å². The van der Waals surface area contributed by atoms with Gasteiger partial charge in [-0.15, -0.1) is 0 Å². The molecule has 2 aliphatic carbocycles. The summed E-state index contributed by atoms with van der Waals surface area (Å²) in [5.41, 5.74) is 0.437. The van der Waals surface area contributed by atoms with Crippen molar-refractivity contribution in [3.63, 3.8) is 0 Å². The Morgan fingerprint density at radius 2 is 1.81 bits per heavy atom. The van der Waals surface area contributed by atoms with Crippen molar-refractivity contribution in [2.24, 2.45) is 10.8 Å². The molecule has 0 aromatic carbocycles. The summed E-state index contributed by atoms with van der Waals surface area (Å²) >= 11 is 0. The van der Waals surface area contributed by atoms with E-state index in [9.17, 15) is 14.4 Å². The quantitative estimate of drug-likeness (QED) is 0.293. The topological polar surface area (TPSA) is 101 Å². The average Bonchev–Trinajstić information content (AvgIpc) is 3.61. The first kappa shape index (κ1) is 26.6. The van der Waals surface area contributed by atoms with Crippen molar-refractivity contribution in [3.8, 4) is 0 Å². The molecule has 0 radical (unpaired) electrons. The number of ether oxygens (including phenoxy) is 5. The molecule has 0 amide bonds. The van der Waals surface area contributed by atoms with Crippen LogP contribution in [0.15, 0.2) is 23.3 Å². The van der Waals surface area contributed by atoms with E-state index < -0.39 is 34.6 Å². The molecular weight excluding hydrogens is 476 g/mol. The van der Waals surface area contributed by atoms with E-state index in [-0.39, 0.29) is 37.0 Å². The van der Waals surface area contributed by atoms with Crippen LogP contribution < -0.4 is 0 Å². The SMILES string of the molecule is CC(=O)[C@@H]1CCCCC(=O)O[C@@H]2C[C@H]3O[C@@H]4C=C(C)CC[C@]4(COC(=O)/C=C(\C)CCO1)[C@]2(C)[C@]31CO1. The van der Waals surface area contributed by atoms with Crippen molar-refractivity contribution in [2.45, 2.75) is 109 Å². The fourth-order valence-electron chi connectivity index (χ4n) is 7.23. The van der Waals surface area contributed by atoms with E-state index in [1.807, 2.05) is 6.92 Å². The minimum absolute atomic E-state index is 0.0319. The number of ketones is 1. The molecule has 7 atom stereocenters. The first-order valence-electron chi connectivity index (χ1n) is 13.7. The third-order valence-electron chi connectivity index (χ3n) is 9.69. The lowest BCUT2D eigenvalue weighted by atomic mass is 9.51. The van der Waals surface area contributed by atoms with Crippen LogP contribution in [0.5, 0.6) is 0 Å². The molecule has 1 saturated carbocycles. The number of epoxide rings is 1. The van der Waals surface area contributed by atoms with Gasteiger partial charge in [0.05, 0.1) is 30.8 Å². The molecular formula is C29H40O8. The van der Waals surface area contributed by atoms with Gasteiger partial charge in [-0.2, -0.15) is 0 Å². The van der Waals surface area contributed by atoms with E-state index in [2.05, 4.69) is 19.9 Å². The summed E-state index contributed by atoms with van der Waals surface area (Å²) < 4.78 is 30.8. The lowest BCUT2D eigenvalue weighted by Crippen LogP contribution is -2.66. The van der Waals surface area contributed by atoms with E-state index in [1.165, 1.54) is 18.6 Å². The molecule has 3 aliphatic heterocycles. The molecule has 0 unspecified atom stereocenters. The third-order valence-corrected chi connectivity index (χ3v) is 9.69. The predicted molar refractivity (Wildman–Crippen MR) is 134 cm³/mol. The maximum Gasteiger partial charge on any atom is 0.330 e. The summed E-state index contributed by atoms with van der Waals surface area (Å²) in [5, 5.41) is 0. The molecule has 2 bridgehead atoms. The van der Waals surface area contributed by atoms with Gasteiger partial charge in [-0.1, -0.05) is 24.1 Å². The van der Waals surface area contributed by atoms with Gasteiger partial charge < -0.3 is 23.7 Å². The molecule has 3 fully saturated rings. The van der Waals surface area contributed by atoms with E-state index in [1.54, 1.807) is 0 Å². The normalized spacial score (nSPS) is 44.3. The summed E-state index contributed by atoms with van der Waals surface area (Å²) in [6.45, 7) is 8.71. The molecule has 0 aromatic rings. The summed E-state index contributed by atoms with van der Waals surface area (Å²) in [6, 6.07) is 0. The lowest BCUT2D eigenvalue weighted by Gasteiger charge is -2.58. The second kappa shape index (κ2) is 9.93. The minimum Gasteiger partial charge on any atom is -0.462 e. The maximum absolute atomic E-state index is 13.0. The van der Waals surface area contributed by atoms with Crippen LogP contribution in [0, 0.1) is 10.8 Å². The smallest absolute Gasteiger partial charge is 0.330 e. The third kappa shape index (κ3) is 4.49. The highest BCUT2D eigenvalue weighted by Crippen LogP contribution is 2.72. The van der Waals surface area contributed by atoms with Gasteiger partial charge in [-0.25, -0.2) is 4.79 Å². The van der Waals surface area contributed by atoms with Gasteiger partial charge in [-0.3, -0.25) is 9.59 Å². The van der Waals surface area contributed by atoms with Gasteiger partial charge in [0.2, 0.25) is 0 Å². The molecule has 37 heavy (non-hydrogen) atoms. The predicted octanol–water partition coefficient (Wildman–Crippen LogP) is 4.00. The molecule has 5 aliphatic rings. The van der Waals surface area contributed by atoms with Gasteiger partial charge in [0.1, 0.15) is 24.4 Å². The Labute approximate surface area is 219 Å². The van der Waals surface area contributed by atoms with Crippen molar-refractivity contribution in [1.29, 1.82) is 0 Å². The van der Waals surface area contributed by atoms with Crippen molar-refractivity contribution < 1.29 is 38.1 Å². The Hall–Kier alpha value is -2.03. The minimum atomic E-state index is -0.568. The Morgan fingerprint density at radius 1 is 1.03 bits per heavy atom. The Morgan fingerprint density at radius 3 is 2.54 bits per heavy atom. The van der Waals surface area contributed by atoms with Crippen LogP contribution >= 0.6 is 0 Å². The highest BCUT2D eigenvalue weighted by Gasteiger charge is 2.83. The zero-order chi connectivity index (χ0) is 26.4. The van der Waals surface area contributed by atoms with Crippen molar-refractivity contribution in [3.05, 3.63) is 23.3 Å². The fraction of sp³-hybridized carbons (Fsp3) is 0.759. The first-order valence-corrected chi connectivity index (χ1v) is 13.7. The van der Waals surface area contributed by atoms with Crippen molar-refractivity contribution >= 4 is 17.7 Å². The van der Waals surface area contributed by atoms with Gasteiger partial charge >= 0.3 is 11.9 Å². The molecule has 2 spiro atoms. The van der Waals surface area contributed by atoms with E-state index >= 15 is 0 Å². The summed E-state index contributed by atoms with van der Waals surface area (Å²) in [6.07, 6.45) is 7.23. The Kier molecular flexibility index (Phi) is 7.13. The van der Waals surface area contributed by atoms with Crippen molar-refractivity contribution in [2.75, 3.05) is 19.8 Å². The molecule has 0 aromatic heterocycles. The molecule has 3 heterocycles. The highest BCUT2D eigenvalue weighted by molar-refractivity contribution is 5.82. The zero-order valence-corrected chi connectivity index (χ0v) is 22.5. The van der Waals surface area contributed by atoms with Gasteiger partial charge in [0.25, 0.3) is 0 Å². The van der Waals surface area contributed by atoms with E-state index in [4.69, 9.17) is 23.7 Å². The first-order chi connectivity index (χ1) is 17.6. The number of hydrogen-bond donors (Lipinski definition) is 0. The molecule has 0 N–H and O–H groups in total. The van der Waals surface area contributed by atoms with Crippen LogP contribution in [-0.4, -0.2) is 67.6 Å². The second-order valence-electron chi connectivity index (χ2n) is 11.9. The van der Waals surface area contributed by atoms with Crippen LogP contribution in [0.25, 0.3) is 0 Å². The standard InChI is InChI=1S/C29H40O8/c1-18-9-11-28-16-34-26(32)14-19(2)10-12-33-21(20(3)30)7-5-6-8-25(31)37-22-15-24(36-23(28)13-18)29(17-35-29)27(22,28)4/h13-14,21-24H,5-12,15-17H2,1-4H3/b19-14+/t21-,22+,23+,24+,27+,28+,29-/m0/s1.